The van der Waals surface area contributed by atoms with Crippen LogP contribution < -0.4 is 10.6 Å². The minimum Gasteiger partial charge on any atom is -0.340 e. The molecule has 0 aromatic heterocycles. The van der Waals surface area contributed by atoms with E-state index in [0.717, 1.165) is 4.90 Å². The van der Waals surface area contributed by atoms with E-state index < -0.39 is 17.8 Å². The van der Waals surface area contributed by atoms with Crippen LogP contribution in [0.3, 0.4) is 0 Å². The van der Waals surface area contributed by atoms with Crippen LogP contribution in [0.2, 0.25) is 0 Å². The lowest BCUT2D eigenvalue weighted by Crippen LogP contribution is -2.41. The Balaban J connectivity index is 1.99. The molecule has 0 saturated heterocycles. The standard InChI is InChI=1S/C17H17FN2O2S/c1-11(19-17(22)14-8-3-4-9-15(14)18)16(21)20-12-6-5-7-13(10-12)23-2/h3-11H,1-2H3,(H,19,22)(H,20,21)/t11-/m0/s1. The molecule has 0 radical (unpaired) electrons. The summed E-state index contributed by atoms with van der Waals surface area (Å²) >= 11 is 1.57. The topological polar surface area (TPSA) is 58.2 Å². The highest BCUT2D eigenvalue weighted by molar-refractivity contribution is 7.98. The highest BCUT2D eigenvalue weighted by Gasteiger charge is 2.18. The third-order valence-corrected chi connectivity index (χ3v) is 3.92. The summed E-state index contributed by atoms with van der Waals surface area (Å²) in [6, 6.07) is 12.2. The zero-order chi connectivity index (χ0) is 16.8. The number of nitrogens with one attached hydrogen (secondary N) is 2. The van der Waals surface area contributed by atoms with E-state index in [0.29, 0.717) is 5.69 Å². The maximum Gasteiger partial charge on any atom is 0.254 e. The summed E-state index contributed by atoms with van der Waals surface area (Å²) in [7, 11) is 0. The predicted octanol–water partition coefficient (Wildman–Crippen LogP) is 3.30. The first-order valence-electron chi connectivity index (χ1n) is 7.01. The van der Waals surface area contributed by atoms with Crippen LogP contribution in [0.25, 0.3) is 0 Å². The Bertz CT molecular complexity index is 721. The zero-order valence-corrected chi connectivity index (χ0v) is 13.6. The Morgan fingerprint density at radius 1 is 1.13 bits per heavy atom. The Morgan fingerprint density at radius 2 is 1.87 bits per heavy atom. The second-order valence-electron chi connectivity index (χ2n) is 4.90. The van der Waals surface area contributed by atoms with Crippen molar-refractivity contribution < 1.29 is 14.0 Å². The quantitative estimate of drug-likeness (QED) is 0.826. The summed E-state index contributed by atoms with van der Waals surface area (Å²) in [5, 5.41) is 5.22. The van der Waals surface area contributed by atoms with E-state index in [1.807, 2.05) is 24.5 Å². The zero-order valence-electron chi connectivity index (χ0n) is 12.8. The van der Waals surface area contributed by atoms with Gasteiger partial charge in [0, 0.05) is 10.6 Å². The van der Waals surface area contributed by atoms with Crippen LogP contribution in [0.1, 0.15) is 17.3 Å². The van der Waals surface area contributed by atoms with Crippen molar-refractivity contribution in [2.24, 2.45) is 0 Å². The number of thioether (sulfide) groups is 1. The molecular weight excluding hydrogens is 315 g/mol. The summed E-state index contributed by atoms with van der Waals surface area (Å²) in [5.74, 6) is -1.61. The minimum absolute atomic E-state index is 0.0865. The van der Waals surface area contributed by atoms with Gasteiger partial charge in [-0.2, -0.15) is 0 Å². The number of rotatable bonds is 5. The summed E-state index contributed by atoms with van der Waals surface area (Å²) in [6.45, 7) is 1.55. The van der Waals surface area contributed by atoms with Gasteiger partial charge in [-0.25, -0.2) is 4.39 Å². The summed E-state index contributed by atoms with van der Waals surface area (Å²) in [4.78, 5) is 25.2. The molecule has 2 rings (SSSR count). The average Bonchev–Trinajstić information content (AvgIpc) is 2.55. The highest BCUT2D eigenvalue weighted by Crippen LogP contribution is 2.19. The van der Waals surface area contributed by atoms with Gasteiger partial charge in [0.05, 0.1) is 5.56 Å². The van der Waals surface area contributed by atoms with Gasteiger partial charge in [0.2, 0.25) is 5.91 Å². The van der Waals surface area contributed by atoms with Crippen LogP contribution in [-0.2, 0) is 4.79 Å². The van der Waals surface area contributed by atoms with Crippen LogP contribution in [0, 0.1) is 5.82 Å². The van der Waals surface area contributed by atoms with Crippen molar-refractivity contribution in [3.05, 3.63) is 59.9 Å². The Morgan fingerprint density at radius 3 is 2.57 bits per heavy atom. The molecule has 0 saturated carbocycles. The number of hydrogen-bond donors (Lipinski definition) is 2. The molecule has 2 N–H and O–H groups in total. The first kappa shape index (κ1) is 17.0. The van der Waals surface area contributed by atoms with Gasteiger partial charge in [-0.05, 0) is 43.5 Å². The summed E-state index contributed by atoms with van der Waals surface area (Å²) < 4.78 is 13.6. The van der Waals surface area contributed by atoms with Gasteiger partial charge in [-0.3, -0.25) is 9.59 Å². The van der Waals surface area contributed by atoms with Gasteiger partial charge in [-0.15, -0.1) is 11.8 Å². The average molecular weight is 332 g/mol. The number of carbonyl (C=O) groups excluding carboxylic acids is 2. The molecular formula is C17H17FN2O2S. The number of amides is 2. The van der Waals surface area contributed by atoms with Crippen molar-refractivity contribution in [2.75, 3.05) is 11.6 Å². The number of halogens is 1. The van der Waals surface area contributed by atoms with E-state index in [4.69, 9.17) is 0 Å². The molecule has 0 aliphatic rings. The lowest BCUT2D eigenvalue weighted by Gasteiger charge is -2.14. The molecule has 0 unspecified atom stereocenters. The molecule has 0 fully saturated rings. The van der Waals surface area contributed by atoms with Crippen molar-refractivity contribution in [3.8, 4) is 0 Å². The van der Waals surface area contributed by atoms with Gasteiger partial charge < -0.3 is 10.6 Å². The third-order valence-electron chi connectivity index (χ3n) is 3.20. The largest absolute Gasteiger partial charge is 0.340 e. The number of carbonyl (C=O) groups is 2. The molecule has 0 aliphatic heterocycles. The first-order valence-corrected chi connectivity index (χ1v) is 8.24. The Hall–Kier alpha value is -2.34. The van der Waals surface area contributed by atoms with Gasteiger partial charge >= 0.3 is 0 Å². The van der Waals surface area contributed by atoms with E-state index in [2.05, 4.69) is 10.6 Å². The second-order valence-corrected chi connectivity index (χ2v) is 5.78. The molecule has 0 bridgehead atoms. The molecule has 2 amide bonds. The minimum atomic E-state index is -0.792. The lowest BCUT2D eigenvalue weighted by molar-refractivity contribution is -0.117. The van der Waals surface area contributed by atoms with E-state index in [1.165, 1.54) is 18.2 Å². The Kier molecular flexibility index (Phi) is 5.76. The molecule has 0 spiro atoms. The van der Waals surface area contributed by atoms with E-state index >= 15 is 0 Å². The summed E-state index contributed by atoms with van der Waals surface area (Å²) in [6.07, 6.45) is 1.94. The number of benzene rings is 2. The lowest BCUT2D eigenvalue weighted by atomic mass is 10.2. The van der Waals surface area contributed by atoms with Crippen LogP contribution in [0.5, 0.6) is 0 Å². The third kappa shape index (κ3) is 4.56. The maximum absolute atomic E-state index is 13.6. The van der Waals surface area contributed by atoms with Crippen LogP contribution in [-0.4, -0.2) is 24.1 Å². The van der Waals surface area contributed by atoms with Crippen LogP contribution >= 0.6 is 11.8 Å². The molecule has 120 valence electrons. The monoisotopic (exact) mass is 332 g/mol. The molecule has 2 aromatic rings. The van der Waals surface area contributed by atoms with Crippen molar-refractivity contribution in [1.29, 1.82) is 0 Å². The molecule has 23 heavy (non-hydrogen) atoms. The van der Waals surface area contributed by atoms with E-state index in [-0.39, 0.29) is 11.5 Å². The predicted molar refractivity (Wildman–Crippen MR) is 90.2 cm³/mol. The normalized spacial score (nSPS) is 11.6. The second kappa shape index (κ2) is 7.78. The first-order chi connectivity index (χ1) is 11.0. The van der Waals surface area contributed by atoms with Crippen molar-refractivity contribution >= 4 is 29.3 Å². The van der Waals surface area contributed by atoms with Crippen LogP contribution in [0.4, 0.5) is 10.1 Å². The van der Waals surface area contributed by atoms with Gasteiger partial charge in [-0.1, -0.05) is 18.2 Å². The van der Waals surface area contributed by atoms with Crippen molar-refractivity contribution in [1.82, 2.24) is 5.32 Å². The smallest absolute Gasteiger partial charge is 0.254 e. The van der Waals surface area contributed by atoms with Gasteiger partial charge in [0.15, 0.2) is 0 Å². The van der Waals surface area contributed by atoms with Crippen molar-refractivity contribution in [2.45, 2.75) is 17.9 Å². The number of anilines is 1. The SMILES string of the molecule is CSc1cccc(NC(=O)[C@H](C)NC(=O)c2ccccc2F)c1. The van der Waals surface area contributed by atoms with Crippen LogP contribution in [0.15, 0.2) is 53.4 Å². The molecule has 6 heteroatoms. The fourth-order valence-corrected chi connectivity index (χ4v) is 2.40. The van der Waals surface area contributed by atoms with Gasteiger partial charge in [0.25, 0.3) is 5.91 Å². The Labute approximate surface area is 138 Å². The fourth-order valence-electron chi connectivity index (χ4n) is 1.94. The number of hydrogen-bond acceptors (Lipinski definition) is 3. The van der Waals surface area contributed by atoms with E-state index in [1.54, 1.807) is 30.8 Å². The molecule has 0 heterocycles. The fraction of sp³-hybridized carbons (Fsp3) is 0.176. The van der Waals surface area contributed by atoms with Crippen molar-refractivity contribution in [3.63, 3.8) is 0 Å². The molecule has 2 aromatic carbocycles. The maximum atomic E-state index is 13.6. The van der Waals surface area contributed by atoms with E-state index in [9.17, 15) is 14.0 Å². The van der Waals surface area contributed by atoms with Gasteiger partial charge in [0.1, 0.15) is 11.9 Å². The summed E-state index contributed by atoms with van der Waals surface area (Å²) in [5.41, 5.74) is 0.561. The highest BCUT2D eigenvalue weighted by atomic mass is 32.2. The molecule has 0 aliphatic carbocycles. The molecule has 4 nitrogen and oxygen atoms in total. The molecule has 1 atom stereocenters.